The Morgan fingerprint density at radius 2 is 2.36 bits per heavy atom. The summed E-state index contributed by atoms with van der Waals surface area (Å²) in [6.45, 7) is 2.41. The molecule has 1 N–H and O–H groups in total. The van der Waals surface area contributed by atoms with Crippen LogP contribution in [0.15, 0.2) is 24.3 Å². The van der Waals surface area contributed by atoms with Crippen LogP contribution in [-0.2, 0) is 9.53 Å². The third-order valence-corrected chi connectivity index (χ3v) is 4.50. The van der Waals surface area contributed by atoms with Gasteiger partial charge in [0.05, 0.1) is 24.7 Å². The normalized spacial score (nSPS) is 27.6. The molecule has 2 heterocycles. The lowest BCUT2D eigenvalue weighted by atomic mass is 9.88. The minimum atomic E-state index is -0.324. The van der Waals surface area contributed by atoms with Gasteiger partial charge in [0.25, 0.3) is 0 Å². The zero-order valence-corrected chi connectivity index (χ0v) is 12.8. The average Bonchev–Trinajstić information content (AvgIpc) is 3.14. The number of fused-ring (bicyclic) bond motifs is 2. The molecule has 4 atom stereocenters. The minimum Gasteiger partial charge on any atom is -0.489 e. The molecule has 1 aromatic rings. The van der Waals surface area contributed by atoms with Gasteiger partial charge in [0.2, 0.25) is 5.91 Å². The summed E-state index contributed by atoms with van der Waals surface area (Å²) in [7, 11) is 0. The van der Waals surface area contributed by atoms with Crippen LogP contribution >= 0.6 is 0 Å². The van der Waals surface area contributed by atoms with E-state index in [1.807, 2.05) is 6.92 Å². The van der Waals surface area contributed by atoms with Crippen molar-refractivity contribution in [3.63, 3.8) is 0 Å². The molecule has 5 heteroatoms. The van der Waals surface area contributed by atoms with Crippen molar-refractivity contribution in [2.75, 3.05) is 6.54 Å². The van der Waals surface area contributed by atoms with Gasteiger partial charge in [-0.05, 0) is 37.8 Å². The summed E-state index contributed by atoms with van der Waals surface area (Å²) in [5.41, 5.74) is 0. The van der Waals surface area contributed by atoms with Crippen LogP contribution in [0.5, 0.6) is 5.75 Å². The van der Waals surface area contributed by atoms with E-state index in [4.69, 9.17) is 9.47 Å². The lowest BCUT2D eigenvalue weighted by Gasteiger charge is -2.21. The standard InChI is InChI=1S/C17H22FNO3/c1-2-12(21-13-5-3-4-11(18)8-13)10-19-17(20)15-9-14-6-7-16(15)22-14/h3-5,8,12,14-16H,2,6-7,9-10H2,1H3,(H,19,20)/t12-,14-,15+,16-/m1/s1. The lowest BCUT2D eigenvalue weighted by Crippen LogP contribution is -2.41. The fourth-order valence-electron chi connectivity index (χ4n) is 3.26. The number of benzene rings is 1. The van der Waals surface area contributed by atoms with Gasteiger partial charge < -0.3 is 14.8 Å². The van der Waals surface area contributed by atoms with E-state index in [-0.39, 0.29) is 36.0 Å². The molecule has 0 aliphatic carbocycles. The Morgan fingerprint density at radius 1 is 1.50 bits per heavy atom. The van der Waals surface area contributed by atoms with Crippen molar-refractivity contribution >= 4 is 5.91 Å². The number of nitrogens with one attached hydrogen (secondary N) is 1. The second kappa shape index (κ2) is 6.65. The molecule has 120 valence electrons. The van der Waals surface area contributed by atoms with Crippen LogP contribution < -0.4 is 10.1 Å². The topological polar surface area (TPSA) is 47.6 Å². The lowest BCUT2D eigenvalue weighted by molar-refractivity contribution is -0.126. The predicted molar refractivity (Wildman–Crippen MR) is 80.1 cm³/mol. The molecule has 0 aromatic heterocycles. The van der Waals surface area contributed by atoms with Gasteiger partial charge in [-0.3, -0.25) is 4.79 Å². The van der Waals surface area contributed by atoms with Gasteiger partial charge in [0.1, 0.15) is 17.7 Å². The van der Waals surface area contributed by atoms with Gasteiger partial charge in [-0.1, -0.05) is 13.0 Å². The van der Waals surface area contributed by atoms with Crippen LogP contribution in [0.3, 0.4) is 0 Å². The first-order chi connectivity index (χ1) is 10.7. The third kappa shape index (κ3) is 3.40. The van der Waals surface area contributed by atoms with Crippen LogP contribution in [-0.4, -0.2) is 30.8 Å². The van der Waals surface area contributed by atoms with E-state index in [1.165, 1.54) is 12.1 Å². The molecule has 3 rings (SSSR count). The Hall–Kier alpha value is -1.62. The third-order valence-electron chi connectivity index (χ3n) is 4.50. The number of carbonyl (C=O) groups excluding carboxylic acids is 1. The summed E-state index contributed by atoms with van der Waals surface area (Å²) in [5, 5.41) is 2.96. The number of rotatable bonds is 6. The molecule has 2 aliphatic heterocycles. The maximum Gasteiger partial charge on any atom is 0.225 e. The maximum atomic E-state index is 13.2. The maximum absolute atomic E-state index is 13.2. The van der Waals surface area contributed by atoms with E-state index in [0.29, 0.717) is 12.3 Å². The second-order valence-electron chi connectivity index (χ2n) is 6.07. The van der Waals surface area contributed by atoms with E-state index in [1.54, 1.807) is 12.1 Å². The number of hydrogen-bond donors (Lipinski definition) is 1. The SMILES string of the molecule is CC[C@H](CNC(=O)[C@H]1C[C@H]2CC[C@H]1O2)Oc1cccc(F)c1. The zero-order valence-electron chi connectivity index (χ0n) is 12.8. The van der Waals surface area contributed by atoms with Gasteiger partial charge in [-0.15, -0.1) is 0 Å². The van der Waals surface area contributed by atoms with Gasteiger partial charge in [0.15, 0.2) is 0 Å². The molecule has 22 heavy (non-hydrogen) atoms. The molecule has 2 aliphatic rings. The van der Waals surface area contributed by atoms with Crippen molar-refractivity contribution in [2.24, 2.45) is 5.92 Å². The molecule has 2 bridgehead atoms. The molecule has 0 unspecified atom stereocenters. The van der Waals surface area contributed by atoms with E-state index in [2.05, 4.69) is 5.32 Å². The van der Waals surface area contributed by atoms with Crippen LogP contribution in [0, 0.1) is 11.7 Å². The molecule has 1 amide bonds. The van der Waals surface area contributed by atoms with Gasteiger partial charge in [-0.2, -0.15) is 0 Å². The Balaban J connectivity index is 1.49. The summed E-state index contributed by atoms with van der Waals surface area (Å²) >= 11 is 0. The average molecular weight is 307 g/mol. The molecule has 0 spiro atoms. The quantitative estimate of drug-likeness (QED) is 0.879. The minimum absolute atomic E-state index is 0.0228. The monoisotopic (exact) mass is 307 g/mol. The van der Waals surface area contributed by atoms with Crippen molar-refractivity contribution in [3.8, 4) is 5.75 Å². The van der Waals surface area contributed by atoms with Crippen LogP contribution in [0.4, 0.5) is 4.39 Å². The van der Waals surface area contributed by atoms with Crippen molar-refractivity contribution < 1.29 is 18.7 Å². The highest BCUT2D eigenvalue weighted by Crippen LogP contribution is 2.38. The molecular formula is C17H22FNO3. The summed E-state index contributed by atoms with van der Waals surface area (Å²) in [5.74, 6) is 0.193. The van der Waals surface area contributed by atoms with Crippen molar-refractivity contribution in [1.82, 2.24) is 5.32 Å². The van der Waals surface area contributed by atoms with E-state index < -0.39 is 0 Å². The first-order valence-corrected chi connectivity index (χ1v) is 8.01. The first-order valence-electron chi connectivity index (χ1n) is 8.01. The number of hydrogen-bond acceptors (Lipinski definition) is 3. The summed E-state index contributed by atoms with van der Waals surface area (Å²) in [6.07, 6.45) is 3.84. The number of carbonyl (C=O) groups is 1. The highest BCUT2D eigenvalue weighted by atomic mass is 19.1. The van der Waals surface area contributed by atoms with E-state index in [9.17, 15) is 9.18 Å². The molecular weight excluding hydrogens is 285 g/mol. The largest absolute Gasteiger partial charge is 0.489 e. The molecule has 0 saturated carbocycles. The highest BCUT2D eigenvalue weighted by molar-refractivity contribution is 5.79. The molecule has 0 radical (unpaired) electrons. The number of amides is 1. The van der Waals surface area contributed by atoms with Gasteiger partial charge in [0, 0.05) is 6.07 Å². The highest BCUT2D eigenvalue weighted by Gasteiger charge is 2.44. The molecule has 2 saturated heterocycles. The van der Waals surface area contributed by atoms with Crippen molar-refractivity contribution in [1.29, 1.82) is 0 Å². The Kier molecular flexibility index (Phi) is 4.62. The summed E-state index contributed by atoms with van der Waals surface area (Å²) < 4.78 is 24.6. The zero-order chi connectivity index (χ0) is 15.5. The van der Waals surface area contributed by atoms with Crippen LogP contribution in [0.2, 0.25) is 0 Å². The van der Waals surface area contributed by atoms with Crippen molar-refractivity contribution in [2.45, 2.75) is 50.9 Å². The predicted octanol–water partition coefficient (Wildman–Crippen LogP) is 2.67. The van der Waals surface area contributed by atoms with E-state index >= 15 is 0 Å². The molecule has 2 fully saturated rings. The number of halogens is 1. The smallest absolute Gasteiger partial charge is 0.225 e. The summed E-state index contributed by atoms with van der Waals surface area (Å²) in [6, 6.07) is 6.07. The Bertz CT molecular complexity index is 536. The second-order valence-corrected chi connectivity index (χ2v) is 6.07. The summed E-state index contributed by atoms with van der Waals surface area (Å²) in [4.78, 5) is 12.3. The van der Waals surface area contributed by atoms with Crippen LogP contribution in [0.1, 0.15) is 32.6 Å². The molecule has 1 aromatic carbocycles. The molecule has 4 nitrogen and oxygen atoms in total. The Labute approximate surface area is 130 Å². The fourth-order valence-corrected chi connectivity index (χ4v) is 3.26. The van der Waals surface area contributed by atoms with E-state index in [0.717, 1.165) is 25.7 Å². The van der Waals surface area contributed by atoms with Gasteiger partial charge in [-0.25, -0.2) is 4.39 Å². The van der Waals surface area contributed by atoms with Crippen molar-refractivity contribution in [3.05, 3.63) is 30.1 Å². The first kappa shape index (κ1) is 15.3. The van der Waals surface area contributed by atoms with Gasteiger partial charge >= 0.3 is 0 Å². The fraction of sp³-hybridized carbons (Fsp3) is 0.588. The Morgan fingerprint density at radius 3 is 3.00 bits per heavy atom. The number of ether oxygens (including phenoxy) is 2. The van der Waals surface area contributed by atoms with Crippen LogP contribution in [0.25, 0.3) is 0 Å².